The number of nitrogens with one attached hydrogen (secondary N) is 2. The maximum absolute atomic E-state index is 12.2. The normalized spacial score (nSPS) is 15.3. The monoisotopic (exact) mass is 404 g/mol. The zero-order valence-corrected chi connectivity index (χ0v) is 15.8. The molecule has 1 saturated carbocycles. The molecule has 6 nitrogen and oxygen atoms in total. The van der Waals surface area contributed by atoms with Crippen molar-refractivity contribution >= 4 is 52.2 Å². The Morgan fingerprint density at radius 2 is 2.25 bits per heavy atom. The number of halogens is 2. The van der Waals surface area contributed by atoms with Gasteiger partial charge in [-0.15, -0.1) is 21.5 Å². The summed E-state index contributed by atoms with van der Waals surface area (Å²) >= 11 is 14.2. The lowest BCUT2D eigenvalue weighted by Crippen LogP contribution is -2.35. The smallest absolute Gasteiger partial charge is 0.278 e. The van der Waals surface area contributed by atoms with E-state index in [-0.39, 0.29) is 28.6 Å². The lowest BCUT2D eigenvalue weighted by Gasteiger charge is -2.11. The third-order valence-corrected chi connectivity index (χ3v) is 6.00. The Morgan fingerprint density at radius 3 is 2.83 bits per heavy atom. The number of aromatic amines is 1. The second-order valence-electron chi connectivity index (χ2n) is 5.53. The van der Waals surface area contributed by atoms with Crippen LogP contribution in [0.1, 0.15) is 19.8 Å². The van der Waals surface area contributed by atoms with Crippen LogP contribution in [-0.2, 0) is 4.79 Å². The molecule has 1 atom stereocenters. The van der Waals surface area contributed by atoms with Gasteiger partial charge in [-0.1, -0.05) is 35.0 Å². The first kappa shape index (κ1) is 17.7. The number of rotatable bonds is 6. The average molecular weight is 405 g/mol. The molecular weight excluding hydrogens is 391 g/mol. The maximum atomic E-state index is 12.2. The van der Waals surface area contributed by atoms with Crippen LogP contribution in [-0.4, -0.2) is 32.9 Å². The first-order valence-electron chi connectivity index (χ1n) is 7.28. The van der Waals surface area contributed by atoms with E-state index in [4.69, 9.17) is 23.2 Å². The lowest BCUT2D eigenvalue weighted by atomic mass is 10.2. The molecule has 2 heterocycles. The Balaban J connectivity index is 1.63. The minimum atomic E-state index is -0.421. The molecule has 24 heavy (non-hydrogen) atoms. The van der Waals surface area contributed by atoms with E-state index in [9.17, 15) is 9.59 Å². The van der Waals surface area contributed by atoms with Crippen molar-refractivity contribution in [2.24, 2.45) is 5.92 Å². The molecule has 0 aliphatic heterocycles. The van der Waals surface area contributed by atoms with Crippen molar-refractivity contribution in [3.05, 3.63) is 25.1 Å². The van der Waals surface area contributed by atoms with Gasteiger partial charge < -0.3 is 5.32 Å². The van der Waals surface area contributed by atoms with Crippen molar-refractivity contribution in [3.8, 4) is 11.3 Å². The van der Waals surface area contributed by atoms with Gasteiger partial charge in [-0.2, -0.15) is 0 Å². The van der Waals surface area contributed by atoms with Crippen LogP contribution in [0.5, 0.6) is 0 Å². The predicted octanol–water partition coefficient (Wildman–Crippen LogP) is 3.21. The first-order chi connectivity index (χ1) is 11.4. The van der Waals surface area contributed by atoms with Crippen molar-refractivity contribution < 1.29 is 4.79 Å². The molecule has 1 fully saturated rings. The number of thiophene rings is 1. The summed E-state index contributed by atoms with van der Waals surface area (Å²) in [5.41, 5.74) is 0.142. The predicted molar refractivity (Wildman–Crippen MR) is 97.0 cm³/mol. The Bertz CT molecular complexity index is 819. The summed E-state index contributed by atoms with van der Waals surface area (Å²) in [7, 11) is 0. The van der Waals surface area contributed by atoms with Crippen molar-refractivity contribution in [2.75, 3.05) is 5.75 Å². The molecule has 2 N–H and O–H groups in total. The van der Waals surface area contributed by atoms with E-state index in [0.717, 1.165) is 23.1 Å². The maximum Gasteiger partial charge on any atom is 0.278 e. The number of thioether (sulfide) groups is 1. The number of H-pyrrole nitrogens is 1. The highest BCUT2D eigenvalue weighted by Crippen LogP contribution is 2.36. The lowest BCUT2D eigenvalue weighted by molar-refractivity contribution is -0.119. The Kier molecular flexibility index (Phi) is 5.49. The fraction of sp³-hybridized carbons (Fsp3) is 0.429. The fourth-order valence-corrected chi connectivity index (χ4v) is 4.29. The zero-order valence-electron chi connectivity index (χ0n) is 12.6. The van der Waals surface area contributed by atoms with Gasteiger partial charge in [0.05, 0.1) is 10.1 Å². The van der Waals surface area contributed by atoms with Crippen LogP contribution in [0.15, 0.2) is 16.0 Å². The van der Waals surface area contributed by atoms with Crippen LogP contribution >= 0.6 is 46.3 Å². The van der Waals surface area contributed by atoms with Gasteiger partial charge in [0.15, 0.2) is 10.9 Å². The van der Waals surface area contributed by atoms with E-state index in [1.807, 2.05) is 6.92 Å². The zero-order chi connectivity index (χ0) is 17.3. The summed E-state index contributed by atoms with van der Waals surface area (Å²) in [5, 5.41) is 11.1. The van der Waals surface area contributed by atoms with Gasteiger partial charge in [-0.3, -0.25) is 14.6 Å². The molecule has 1 aliphatic carbocycles. The second-order valence-corrected chi connectivity index (χ2v) is 8.78. The highest BCUT2D eigenvalue weighted by Gasteiger charge is 2.28. The van der Waals surface area contributed by atoms with E-state index in [1.165, 1.54) is 12.8 Å². The van der Waals surface area contributed by atoms with Crippen molar-refractivity contribution in [1.29, 1.82) is 0 Å². The summed E-state index contributed by atoms with van der Waals surface area (Å²) < 4.78 is 0.852. The summed E-state index contributed by atoms with van der Waals surface area (Å²) in [6, 6.07) is 1.77. The van der Waals surface area contributed by atoms with Crippen LogP contribution in [0.3, 0.4) is 0 Å². The van der Waals surface area contributed by atoms with Crippen LogP contribution in [0, 0.1) is 5.92 Å². The van der Waals surface area contributed by atoms with Gasteiger partial charge in [0.2, 0.25) is 5.91 Å². The molecular formula is C14H14Cl2N4O2S2. The van der Waals surface area contributed by atoms with Crippen LogP contribution < -0.4 is 10.9 Å². The standard InChI is InChI=1S/C14H14Cl2N4O2S2/c1-6(7-2-3-7)17-10(21)5-23-14-18-13(22)11(19-20-14)8-4-9(15)24-12(8)16/h4,6-7H,2-3,5H2,1H3,(H,17,21)(H,18,20,22). The Morgan fingerprint density at radius 1 is 1.50 bits per heavy atom. The quantitative estimate of drug-likeness (QED) is 0.721. The summed E-state index contributed by atoms with van der Waals surface area (Å²) in [4.78, 5) is 26.6. The molecule has 2 aromatic rings. The molecule has 1 unspecified atom stereocenters. The highest BCUT2D eigenvalue weighted by molar-refractivity contribution is 7.99. The molecule has 0 radical (unpaired) electrons. The number of hydrogen-bond acceptors (Lipinski definition) is 6. The number of carbonyl (C=O) groups excluding carboxylic acids is 1. The molecule has 0 spiro atoms. The molecule has 1 amide bonds. The second kappa shape index (κ2) is 7.43. The number of amides is 1. The largest absolute Gasteiger partial charge is 0.353 e. The van der Waals surface area contributed by atoms with Gasteiger partial charge in [0.25, 0.3) is 5.56 Å². The SMILES string of the molecule is CC(NC(=O)CSc1nnc(-c2cc(Cl)sc2Cl)c(=O)[nH]1)C1CC1. The number of aromatic nitrogens is 3. The highest BCUT2D eigenvalue weighted by atomic mass is 35.5. The Labute approximate surface area is 156 Å². The van der Waals surface area contributed by atoms with E-state index < -0.39 is 5.56 Å². The van der Waals surface area contributed by atoms with Gasteiger partial charge in [-0.25, -0.2) is 0 Å². The first-order valence-corrected chi connectivity index (χ1v) is 9.84. The molecule has 1 aliphatic rings. The van der Waals surface area contributed by atoms with Crippen LogP contribution in [0.4, 0.5) is 0 Å². The summed E-state index contributed by atoms with van der Waals surface area (Å²) in [5.74, 6) is 0.685. The molecule has 10 heteroatoms. The van der Waals surface area contributed by atoms with Gasteiger partial charge in [0, 0.05) is 11.6 Å². The van der Waals surface area contributed by atoms with Crippen molar-refractivity contribution in [1.82, 2.24) is 20.5 Å². The molecule has 0 bridgehead atoms. The molecule has 128 valence electrons. The summed E-state index contributed by atoms with van der Waals surface area (Å²) in [6.45, 7) is 2.01. The minimum Gasteiger partial charge on any atom is -0.353 e. The Hall–Kier alpha value is -1.09. The van der Waals surface area contributed by atoms with Crippen LogP contribution in [0.25, 0.3) is 11.3 Å². The molecule has 0 saturated heterocycles. The van der Waals surface area contributed by atoms with Crippen molar-refractivity contribution in [3.63, 3.8) is 0 Å². The third kappa shape index (κ3) is 4.30. The topological polar surface area (TPSA) is 87.7 Å². The van der Waals surface area contributed by atoms with E-state index in [2.05, 4.69) is 20.5 Å². The summed E-state index contributed by atoms with van der Waals surface area (Å²) in [6.07, 6.45) is 2.34. The average Bonchev–Trinajstić information content (AvgIpc) is 3.31. The minimum absolute atomic E-state index is 0.0845. The van der Waals surface area contributed by atoms with E-state index >= 15 is 0 Å². The van der Waals surface area contributed by atoms with Gasteiger partial charge >= 0.3 is 0 Å². The van der Waals surface area contributed by atoms with E-state index in [0.29, 0.717) is 20.2 Å². The molecule has 0 aromatic carbocycles. The number of carbonyl (C=O) groups is 1. The van der Waals surface area contributed by atoms with Crippen LogP contribution in [0.2, 0.25) is 8.67 Å². The number of nitrogens with zero attached hydrogens (tertiary/aromatic N) is 2. The van der Waals surface area contributed by atoms with Crippen molar-refractivity contribution in [2.45, 2.75) is 31.0 Å². The van der Waals surface area contributed by atoms with Gasteiger partial charge in [0.1, 0.15) is 4.34 Å². The molecule has 2 aromatic heterocycles. The van der Waals surface area contributed by atoms with E-state index in [1.54, 1.807) is 6.07 Å². The third-order valence-electron chi connectivity index (χ3n) is 3.65. The molecule has 3 rings (SSSR count). The van der Waals surface area contributed by atoms with Gasteiger partial charge in [-0.05, 0) is 31.7 Å². The number of hydrogen-bond donors (Lipinski definition) is 2. The fourth-order valence-electron chi connectivity index (χ4n) is 2.21.